The van der Waals surface area contributed by atoms with Crippen molar-refractivity contribution >= 4 is 5.82 Å². The van der Waals surface area contributed by atoms with Crippen molar-refractivity contribution < 1.29 is 4.74 Å². The number of nitrogens with zero attached hydrogens (tertiary/aromatic N) is 2. The van der Waals surface area contributed by atoms with Gasteiger partial charge in [0.25, 0.3) is 0 Å². The van der Waals surface area contributed by atoms with Gasteiger partial charge < -0.3 is 10.5 Å². The normalized spacial score (nSPS) is 10.2. The molecular weight excluding hydrogens is 298 g/mol. The number of nitriles is 1. The van der Waals surface area contributed by atoms with Gasteiger partial charge in [-0.1, -0.05) is 42.5 Å². The molecule has 3 rings (SSSR count). The monoisotopic (exact) mass is 315 g/mol. The largest absolute Gasteiger partial charge is 0.496 e. The molecule has 2 N–H and O–H groups in total. The van der Waals surface area contributed by atoms with Crippen molar-refractivity contribution in [3.05, 3.63) is 65.9 Å². The van der Waals surface area contributed by atoms with E-state index < -0.39 is 0 Å². The predicted octanol–water partition coefficient (Wildman–Crippen LogP) is 4.19. The second kappa shape index (κ2) is 6.43. The minimum absolute atomic E-state index is 0.228. The number of ether oxygens (including phenoxy) is 1. The van der Waals surface area contributed by atoms with Crippen molar-refractivity contribution in [1.29, 1.82) is 5.26 Å². The molecule has 0 spiro atoms. The molecule has 0 aliphatic carbocycles. The van der Waals surface area contributed by atoms with Gasteiger partial charge in [-0.15, -0.1) is 0 Å². The standard InChI is InChI=1S/C20H17N3O/c1-13-8-9-15(10-18(13)24-2)19-16(11-21)20(22)23-12-17(19)14-6-4-3-5-7-14/h3-10,12H,1-2H3,(H2,22,23). The van der Waals surface area contributed by atoms with Gasteiger partial charge in [-0.2, -0.15) is 5.26 Å². The van der Waals surface area contributed by atoms with Gasteiger partial charge in [0, 0.05) is 17.3 Å². The first kappa shape index (κ1) is 15.6. The number of aryl methyl sites for hydroxylation is 1. The molecule has 2 aromatic carbocycles. The van der Waals surface area contributed by atoms with Gasteiger partial charge in [0.2, 0.25) is 0 Å². The summed E-state index contributed by atoms with van der Waals surface area (Å²) in [6.45, 7) is 1.98. The summed E-state index contributed by atoms with van der Waals surface area (Å²) in [4.78, 5) is 4.20. The molecule has 0 atom stereocenters. The summed E-state index contributed by atoms with van der Waals surface area (Å²) in [5.74, 6) is 0.998. The number of rotatable bonds is 3. The molecule has 4 nitrogen and oxygen atoms in total. The van der Waals surface area contributed by atoms with Crippen LogP contribution in [0.4, 0.5) is 5.82 Å². The van der Waals surface area contributed by atoms with Crippen LogP contribution < -0.4 is 10.5 Å². The van der Waals surface area contributed by atoms with E-state index in [1.165, 1.54) is 0 Å². The average Bonchev–Trinajstić information content (AvgIpc) is 2.62. The highest BCUT2D eigenvalue weighted by Gasteiger charge is 2.17. The van der Waals surface area contributed by atoms with Gasteiger partial charge in [0.15, 0.2) is 0 Å². The molecule has 118 valence electrons. The molecule has 0 saturated carbocycles. The maximum absolute atomic E-state index is 9.61. The molecule has 0 aliphatic heterocycles. The third-order valence-electron chi connectivity index (χ3n) is 4.00. The summed E-state index contributed by atoms with van der Waals surface area (Å²) in [6.07, 6.45) is 1.72. The summed E-state index contributed by atoms with van der Waals surface area (Å²) in [5.41, 5.74) is 10.9. The van der Waals surface area contributed by atoms with E-state index in [-0.39, 0.29) is 5.82 Å². The van der Waals surface area contributed by atoms with E-state index in [9.17, 15) is 5.26 Å². The lowest BCUT2D eigenvalue weighted by atomic mass is 9.92. The quantitative estimate of drug-likeness (QED) is 0.786. The Bertz CT molecular complexity index is 928. The van der Waals surface area contributed by atoms with Crippen LogP contribution in [0.25, 0.3) is 22.3 Å². The van der Waals surface area contributed by atoms with Crippen molar-refractivity contribution in [1.82, 2.24) is 4.98 Å². The number of anilines is 1. The van der Waals surface area contributed by atoms with Crippen LogP contribution in [0.1, 0.15) is 11.1 Å². The molecule has 1 heterocycles. The second-order valence-electron chi connectivity index (χ2n) is 5.47. The average molecular weight is 315 g/mol. The van der Waals surface area contributed by atoms with E-state index in [0.29, 0.717) is 5.56 Å². The number of benzene rings is 2. The summed E-state index contributed by atoms with van der Waals surface area (Å²) >= 11 is 0. The molecule has 24 heavy (non-hydrogen) atoms. The van der Waals surface area contributed by atoms with E-state index in [0.717, 1.165) is 33.6 Å². The Kier molecular flexibility index (Phi) is 4.17. The number of aromatic nitrogens is 1. The predicted molar refractivity (Wildman–Crippen MR) is 95.5 cm³/mol. The zero-order chi connectivity index (χ0) is 17.1. The second-order valence-corrected chi connectivity index (χ2v) is 5.47. The lowest BCUT2D eigenvalue weighted by molar-refractivity contribution is 0.412. The zero-order valence-electron chi connectivity index (χ0n) is 13.6. The fraction of sp³-hybridized carbons (Fsp3) is 0.100. The lowest BCUT2D eigenvalue weighted by Crippen LogP contribution is -2.00. The molecule has 0 radical (unpaired) electrons. The Balaban J connectivity index is 2.33. The van der Waals surface area contributed by atoms with E-state index in [2.05, 4.69) is 11.1 Å². The van der Waals surface area contributed by atoms with Gasteiger partial charge in [-0.3, -0.25) is 0 Å². The third-order valence-corrected chi connectivity index (χ3v) is 4.00. The van der Waals surface area contributed by atoms with Crippen LogP contribution in [0.5, 0.6) is 5.75 Å². The van der Waals surface area contributed by atoms with Crippen molar-refractivity contribution in [3.8, 4) is 34.1 Å². The van der Waals surface area contributed by atoms with Crippen molar-refractivity contribution in [2.45, 2.75) is 6.92 Å². The SMILES string of the molecule is COc1cc(-c2c(-c3ccccc3)cnc(N)c2C#N)ccc1C. The van der Waals surface area contributed by atoms with Crippen LogP contribution >= 0.6 is 0 Å². The lowest BCUT2D eigenvalue weighted by Gasteiger charge is -2.15. The van der Waals surface area contributed by atoms with Crippen molar-refractivity contribution in [3.63, 3.8) is 0 Å². The summed E-state index contributed by atoms with van der Waals surface area (Å²) < 4.78 is 5.43. The van der Waals surface area contributed by atoms with Crippen molar-refractivity contribution in [2.24, 2.45) is 0 Å². The molecule has 0 aliphatic rings. The molecule has 1 aromatic heterocycles. The van der Waals surface area contributed by atoms with E-state index in [1.54, 1.807) is 13.3 Å². The highest BCUT2D eigenvalue weighted by Crippen LogP contribution is 2.38. The maximum atomic E-state index is 9.61. The third kappa shape index (κ3) is 2.68. The van der Waals surface area contributed by atoms with Gasteiger partial charge in [0.05, 0.1) is 7.11 Å². The first-order valence-electron chi connectivity index (χ1n) is 7.54. The van der Waals surface area contributed by atoms with Crippen LogP contribution in [0.2, 0.25) is 0 Å². The highest BCUT2D eigenvalue weighted by atomic mass is 16.5. The Morgan fingerprint density at radius 3 is 2.50 bits per heavy atom. The Morgan fingerprint density at radius 2 is 1.83 bits per heavy atom. The number of nitrogen functional groups attached to an aromatic ring is 1. The maximum Gasteiger partial charge on any atom is 0.141 e. The summed E-state index contributed by atoms with van der Waals surface area (Å²) in [6, 6.07) is 17.9. The van der Waals surface area contributed by atoms with E-state index in [4.69, 9.17) is 10.5 Å². The summed E-state index contributed by atoms with van der Waals surface area (Å²) in [7, 11) is 1.64. The Labute approximate surface area is 141 Å². The molecule has 4 heteroatoms. The van der Waals surface area contributed by atoms with E-state index in [1.807, 2.05) is 55.5 Å². The fourth-order valence-corrected chi connectivity index (χ4v) is 2.75. The molecular formula is C20H17N3O. The van der Waals surface area contributed by atoms with Crippen LogP contribution in [-0.4, -0.2) is 12.1 Å². The van der Waals surface area contributed by atoms with Gasteiger partial charge in [-0.25, -0.2) is 4.98 Å². The molecule has 0 amide bonds. The van der Waals surface area contributed by atoms with Crippen LogP contribution in [0.15, 0.2) is 54.7 Å². The number of nitrogens with two attached hydrogens (primary N) is 1. The number of pyridine rings is 1. The minimum Gasteiger partial charge on any atom is -0.496 e. The molecule has 3 aromatic rings. The molecule has 0 unspecified atom stereocenters. The number of hydrogen-bond donors (Lipinski definition) is 1. The molecule has 0 saturated heterocycles. The van der Waals surface area contributed by atoms with Crippen LogP contribution in [0.3, 0.4) is 0 Å². The zero-order valence-corrected chi connectivity index (χ0v) is 13.6. The first-order chi connectivity index (χ1) is 11.7. The number of methoxy groups -OCH3 is 1. The van der Waals surface area contributed by atoms with Gasteiger partial charge >= 0.3 is 0 Å². The summed E-state index contributed by atoms with van der Waals surface area (Å²) in [5, 5.41) is 9.61. The van der Waals surface area contributed by atoms with Crippen LogP contribution in [-0.2, 0) is 0 Å². The fourth-order valence-electron chi connectivity index (χ4n) is 2.75. The Hall–Kier alpha value is -3.32. The van der Waals surface area contributed by atoms with E-state index >= 15 is 0 Å². The topological polar surface area (TPSA) is 71.9 Å². The number of hydrogen-bond acceptors (Lipinski definition) is 4. The Morgan fingerprint density at radius 1 is 1.08 bits per heavy atom. The van der Waals surface area contributed by atoms with Crippen molar-refractivity contribution in [2.75, 3.05) is 12.8 Å². The first-order valence-corrected chi connectivity index (χ1v) is 7.54. The molecule has 0 bridgehead atoms. The highest BCUT2D eigenvalue weighted by molar-refractivity contribution is 5.89. The smallest absolute Gasteiger partial charge is 0.141 e. The van der Waals surface area contributed by atoms with Gasteiger partial charge in [0.1, 0.15) is 23.2 Å². The molecule has 0 fully saturated rings. The van der Waals surface area contributed by atoms with Gasteiger partial charge in [-0.05, 0) is 29.7 Å². The minimum atomic E-state index is 0.228. The van der Waals surface area contributed by atoms with Crippen LogP contribution in [0, 0.1) is 18.3 Å².